The van der Waals surface area contributed by atoms with Crippen LogP contribution < -0.4 is 0 Å². The molecule has 1 radical (unpaired) electrons. The normalized spacial score (nSPS) is 9.64. The summed E-state index contributed by atoms with van der Waals surface area (Å²) in [5.41, 5.74) is 4.97. The van der Waals surface area contributed by atoms with Crippen LogP contribution in [0, 0.1) is 20.8 Å². The SMILES string of the molecule is [B]=Cc1c(C)cc(C)cc1C. The Balaban J connectivity index is 3.36. The summed E-state index contributed by atoms with van der Waals surface area (Å²) in [6.45, 7) is 6.26. The van der Waals surface area contributed by atoms with Gasteiger partial charge in [-0.1, -0.05) is 0 Å². The molecule has 55 valence electrons. The van der Waals surface area contributed by atoms with Crippen molar-refractivity contribution in [2.45, 2.75) is 20.8 Å². The van der Waals surface area contributed by atoms with E-state index in [0.717, 1.165) is 5.56 Å². The third-order valence-electron chi connectivity index (χ3n) is 1.90. The Morgan fingerprint density at radius 2 is 1.55 bits per heavy atom. The summed E-state index contributed by atoms with van der Waals surface area (Å²) in [4.78, 5) is 0. The van der Waals surface area contributed by atoms with Crippen molar-refractivity contribution in [3.05, 3.63) is 34.4 Å². The summed E-state index contributed by atoms with van der Waals surface area (Å²) in [6, 6.07) is 4.29. The quantitative estimate of drug-likeness (QED) is 0.527. The van der Waals surface area contributed by atoms with E-state index in [1.54, 1.807) is 5.97 Å². The van der Waals surface area contributed by atoms with Crippen molar-refractivity contribution in [2.75, 3.05) is 0 Å². The maximum atomic E-state index is 5.48. The molecule has 0 aliphatic heterocycles. The molecular formula is C10H12B. The van der Waals surface area contributed by atoms with Crippen molar-refractivity contribution < 1.29 is 0 Å². The van der Waals surface area contributed by atoms with Gasteiger partial charge in [0.25, 0.3) is 0 Å². The zero-order valence-corrected chi connectivity index (χ0v) is 7.31. The van der Waals surface area contributed by atoms with Crippen molar-refractivity contribution in [3.8, 4) is 0 Å². The van der Waals surface area contributed by atoms with Gasteiger partial charge in [-0.3, -0.25) is 0 Å². The van der Waals surface area contributed by atoms with Gasteiger partial charge in [-0.05, 0) is 0 Å². The summed E-state index contributed by atoms with van der Waals surface area (Å²) in [5.74, 6) is 1.67. The zero-order chi connectivity index (χ0) is 8.43. The average Bonchev–Trinajstić information content (AvgIpc) is 1.85. The molecule has 0 amide bonds. The molecule has 0 aliphatic carbocycles. The van der Waals surface area contributed by atoms with E-state index < -0.39 is 0 Å². The van der Waals surface area contributed by atoms with Gasteiger partial charge in [0.2, 0.25) is 0 Å². The fraction of sp³-hybridized carbons (Fsp3) is 0.300. The molecular weight excluding hydrogens is 131 g/mol. The van der Waals surface area contributed by atoms with Crippen LogP contribution in [-0.4, -0.2) is 13.5 Å². The van der Waals surface area contributed by atoms with Gasteiger partial charge in [-0.2, -0.15) is 0 Å². The number of aryl methyl sites for hydroxylation is 3. The molecule has 0 fully saturated rings. The van der Waals surface area contributed by atoms with Crippen molar-refractivity contribution in [1.29, 1.82) is 0 Å². The first-order valence-corrected chi connectivity index (χ1v) is 3.78. The monoisotopic (exact) mass is 143 g/mol. The summed E-state index contributed by atoms with van der Waals surface area (Å²) < 4.78 is 0. The molecule has 0 nitrogen and oxygen atoms in total. The first-order valence-electron chi connectivity index (χ1n) is 3.78. The van der Waals surface area contributed by atoms with Gasteiger partial charge in [-0.15, -0.1) is 0 Å². The molecule has 0 heterocycles. The summed E-state index contributed by atoms with van der Waals surface area (Å²) in [6.07, 6.45) is 0. The second-order valence-electron chi connectivity index (χ2n) is 2.98. The molecule has 0 saturated carbocycles. The maximum absolute atomic E-state index is 5.48. The number of benzene rings is 1. The summed E-state index contributed by atoms with van der Waals surface area (Å²) in [7, 11) is 5.48. The predicted molar refractivity (Wildman–Crippen MR) is 51.6 cm³/mol. The fourth-order valence-electron chi connectivity index (χ4n) is 1.45. The Morgan fingerprint density at radius 1 is 1.09 bits per heavy atom. The van der Waals surface area contributed by atoms with Crippen LogP contribution in [0.25, 0.3) is 0 Å². The molecule has 0 aromatic heterocycles. The molecule has 1 heteroatoms. The topological polar surface area (TPSA) is 0 Å². The van der Waals surface area contributed by atoms with Crippen LogP contribution in [0.2, 0.25) is 0 Å². The molecule has 0 unspecified atom stereocenters. The first-order chi connectivity index (χ1) is 5.15. The van der Waals surface area contributed by atoms with E-state index in [1.165, 1.54) is 16.7 Å². The van der Waals surface area contributed by atoms with Gasteiger partial charge >= 0.3 is 68.6 Å². The van der Waals surface area contributed by atoms with Gasteiger partial charge < -0.3 is 0 Å². The van der Waals surface area contributed by atoms with E-state index >= 15 is 0 Å². The van der Waals surface area contributed by atoms with Crippen LogP contribution in [0.15, 0.2) is 12.1 Å². The van der Waals surface area contributed by atoms with Crippen LogP contribution in [0.3, 0.4) is 0 Å². The Labute approximate surface area is 69.3 Å². The van der Waals surface area contributed by atoms with E-state index in [1.807, 2.05) is 0 Å². The van der Waals surface area contributed by atoms with Crippen molar-refractivity contribution in [2.24, 2.45) is 0 Å². The van der Waals surface area contributed by atoms with Gasteiger partial charge in [0.15, 0.2) is 0 Å². The van der Waals surface area contributed by atoms with Crippen molar-refractivity contribution >= 4 is 13.5 Å². The van der Waals surface area contributed by atoms with Crippen LogP contribution in [0.5, 0.6) is 0 Å². The predicted octanol–water partition coefficient (Wildman–Crippen LogP) is 1.93. The second-order valence-corrected chi connectivity index (χ2v) is 2.98. The summed E-state index contributed by atoms with van der Waals surface area (Å²) in [5, 5.41) is 0. The Bertz CT molecular complexity index is 264. The Morgan fingerprint density at radius 3 is 1.91 bits per heavy atom. The first kappa shape index (κ1) is 8.25. The third kappa shape index (κ3) is 1.59. The molecule has 0 saturated heterocycles. The number of hydrogen-bond acceptors (Lipinski definition) is 0. The second kappa shape index (κ2) is 3.04. The molecule has 0 N–H and O–H groups in total. The van der Waals surface area contributed by atoms with Crippen LogP contribution in [-0.2, 0) is 0 Å². The molecule has 11 heavy (non-hydrogen) atoms. The molecule has 0 spiro atoms. The van der Waals surface area contributed by atoms with Gasteiger partial charge in [0.05, 0.1) is 0 Å². The fourth-order valence-corrected chi connectivity index (χ4v) is 1.45. The molecule has 0 bridgehead atoms. The Kier molecular flexibility index (Phi) is 2.28. The van der Waals surface area contributed by atoms with Crippen LogP contribution in [0.4, 0.5) is 0 Å². The standard InChI is InChI=1S/C10H12B/c1-7-4-8(2)10(6-11)9(3)5-7/h4-6H,1-3H3. The zero-order valence-electron chi connectivity index (χ0n) is 7.31. The van der Waals surface area contributed by atoms with Gasteiger partial charge in [0, 0.05) is 0 Å². The Hall–Kier alpha value is -0.845. The average molecular weight is 143 g/mol. The number of hydrogen-bond donors (Lipinski definition) is 0. The van der Waals surface area contributed by atoms with E-state index in [0.29, 0.717) is 0 Å². The van der Waals surface area contributed by atoms with Crippen molar-refractivity contribution in [3.63, 3.8) is 0 Å². The molecule has 0 aliphatic rings. The van der Waals surface area contributed by atoms with Crippen molar-refractivity contribution in [1.82, 2.24) is 0 Å². The van der Waals surface area contributed by atoms with Gasteiger partial charge in [-0.25, -0.2) is 0 Å². The van der Waals surface area contributed by atoms with E-state index in [2.05, 4.69) is 32.9 Å². The number of rotatable bonds is 1. The molecule has 1 aromatic carbocycles. The molecule has 1 aromatic rings. The molecule has 1 rings (SSSR count). The summed E-state index contributed by atoms with van der Waals surface area (Å²) >= 11 is 0. The minimum atomic E-state index is 1.16. The molecule has 0 atom stereocenters. The van der Waals surface area contributed by atoms with E-state index in [9.17, 15) is 0 Å². The minimum absolute atomic E-state index is 1.16. The van der Waals surface area contributed by atoms with Gasteiger partial charge in [0.1, 0.15) is 0 Å². The van der Waals surface area contributed by atoms with E-state index in [4.69, 9.17) is 7.49 Å². The van der Waals surface area contributed by atoms with Crippen LogP contribution in [0.1, 0.15) is 22.3 Å². The van der Waals surface area contributed by atoms with E-state index in [-0.39, 0.29) is 0 Å². The van der Waals surface area contributed by atoms with Crippen LogP contribution >= 0.6 is 0 Å². The third-order valence-corrected chi connectivity index (χ3v) is 1.90.